The molecule has 5 nitrogen and oxygen atoms in total. The topological polar surface area (TPSA) is 68.3 Å². The fourth-order valence-electron chi connectivity index (χ4n) is 1.64. The first kappa shape index (κ1) is 15.3. The van der Waals surface area contributed by atoms with Gasteiger partial charge in [0.05, 0.1) is 28.9 Å². The van der Waals surface area contributed by atoms with Gasteiger partial charge in [0.25, 0.3) is 5.91 Å². The lowest BCUT2D eigenvalue weighted by molar-refractivity contribution is 0.0602. The van der Waals surface area contributed by atoms with Crippen molar-refractivity contribution in [3.63, 3.8) is 0 Å². The predicted octanol–water partition coefficient (Wildman–Crippen LogP) is 3.43. The second-order valence-corrected chi connectivity index (χ2v) is 4.77. The number of esters is 1. The van der Waals surface area contributed by atoms with Crippen LogP contribution < -0.4 is 5.32 Å². The number of carbonyl (C=O) groups excluding carboxylic acids is 2. The summed E-state index contributed by atoms with van der Waals surface area (Å²) in [6.07, 6.45) is 1.26. The van der Waals surface area contributed by atoms with Crippen molar-refractivity contribution in [1.29, 1.82) is 0 Å². The highest BCUT2D eigenvalue weighted by molar-refractivity contribution is 6.36. The average Bonchev–Trinajstić information content (AvgIpc) is 2.46. The first-order valence-corrected chi connectivity index (χ1v) is 6.58. The van der Waals surface area contributed by atoms with Crippen LogP contribution in [0.2, 0.25) is 10.2 Å². The first-order valence-electron chi connectivity index (χ1n) is 5.82. The smallest absolute Gasteiger partial charge is 0.339 e. The molecule has 0 fully saturated rings. The number of hydrogen-bond acceptors (Lipinski definition) is 4. The number of nitrogens with one attached hydrogen (secondary N) is 1. The van der Waals surface area contributed by atoms with Crippen LogP contribution >= 0.6 is 23.2 Å². The highest BCUT2D eigenvalue weighted by Crippen LogP contribution is 2.21. The minimum absolute atomic E-state index is 0.153. The lowest BCUT2D eigenvalue weighted by Crippen LogP contribution is -2.16. The van der Waals surface area contributed by atoms with Crippen LogP contribution in [-0.4, -0.2) is 24.0 Å². The van der Waals surface area contributed by atoms with Crippen LogP contribution in [0.15, 0.2) is 36.5 Å². The van der Waals surface area contributed by atoms with Gasteiger partial charge in [0.2, 0.25) is 0 Å². The van der Waals surface area contributed by atoms with Crippen molar-refractivity contribution < 1.29 is 14.3 Å². The molecule has 2 aromatic rings. The van der Waals surface area contributed by atoms with E-state index >= 15 is 0 Å². The van der Waals surface area contributed by atoms with Crippen LogP contribution in [0.1, 0.15) is 20.7 Å². The number of para-hydroxylation sites is 1. The molecule has 1 aromatic carbocycles. The number of benzene rings is 1. The molecule has 0 saturated heterocycles. The number of hydrogen-bond donors (Lipinski definition) is 1. The van der Waals surface area contributed by atoms with Gasteiger partial charge in [0.15, 0.2) is 0 Å². The zero-order valence-electron chi connectivity index (χ0n) is 10.9. The van der Waals surface area contributed by atoms with E-state index in [1.807, 2.05) is 0 Å². The summed E-state index contributed by atoms with van der Waals surface area (Å²) in [7, 11) is 1.26. The number of pyridine rings is 1. The van der Waals surface area contributed by atoms with Gasteiger partial charge in [-0.1, -0.05) is 35.3 Å². The Kier molecular flexibility index (Phi) is 4.77. The molecular formula is C14H10Cl2N2O3. The number of methoxy groups -OCH3 is 1. The van der Waals surface area contributed by atoms with E-state index in [1.54, 1.807) is 24.3 Å². The van der Waals surface area contributed by atoms with Gasteiger partial charge in [-0.2, -0.15) is 0 Å². The summed E-state index contributed by atoms with van der Waals surface area (Å²) in [6.45, 7) is 0. The zero-order chi connectivity index (χ0) is 15.4. The van der Waals surface area contributed by atoms with E-state index in [1.165, 1.54) is 19.4 Å². The van der Waals surface area contributed by atoms with E-state index in [0.29, 0.717) is 5.69 Å². The molecule has 2 rings (SSSR count). The predicted molar refractivity (Wildman–Crippen MR) is 80.0 cm³/mol. The van der Waals surface area contributed by atoms with Crippen molar-refractivity contribution in [1.82, 2.24) is 4.98 Å². The third-order valence-corrected chi connectivity index (χ3v) is 3.16. The van der Waals surface area contributed by atoms with Gasteiger partial charge < -0.3 is 10.1 Å². The number of anilines is 1. The molecule has 0 atom stereocenters. The average molecular weight is 325 g/mol. The highest BCUT2D eigenvalue weighted by Gasteiger charge is 2.16. The standard InChI is InChI=1S/C14H10Cl2N2O3/c1-21-14(20)8-4-2-3-5-11(8)18-13(19)9-7-17-12(16)6-10(9)15/h2-7H,1H3,(H,18,19). The summed E-state index contributed by atoms with van der Waals surface area (Å²) < 4.78 is 4.66. The molecule has 1 amide bonds. The third kappa shape index (κ3) is 3.51. The van der Waals surface area contributed by atoms with Gasteiger partial charge in [-0.05, 0) is 18.2 Å². The van der Waals surface area contributed by atoms with Crippen LogP contribution in [0.25, 0.3) is 0 Å². The normalized spacial score (nSPS) is 10.0. The quantitative estimate of drug-likeness (QED) is 0.693. The summed E-state index contributed by atoms with van der Waals surface area (Å²) >= 11 is 11.6. The molecule has 1 N–H and O–H groups in total. The lowest BCUT2D eigenvalue weighted by atomic mass is 10.1. The van der Waals surface area contributed by atoms with E-state index in [-0.39, 0.29) is 21.3 Å². The van der Waals surface area contributed by atoms with Crippen molar-refractivity contribution in [2.45, 2.75) is 0 Å². The Morgan fingerprint density at radius 3 is 2.57 bits per heavy atom. The van der Waals surface area contributed by atoms with E-state index in [2.05, 4.69) is 15.0 Å². The van der Waals surface area contributed by atoms with Crippen LogP contribution in [0, 0.1) is 0 Å². The molecule has 0 aliphatic heterocycles. The van der Waals surface area contributed by atoms with Gasteiger partial charge in [-0.25, -0.2) is 9.78 Å². The minimum atomic E-state index is -0.550. The molecule has 21 heavy (non-hydrogen) atoms. The largest absolute Gasteiger partial charge is 0.465 e. The van der Waals surface area contributed by atoms with Crippen molar-refractivity contribution in [3.8, 4) is 0 Å². The fraction of sp³-hybridized carbons (Fsp3) is 0.0714. The summed E-state index contributed by atoms with van der Waals surface area (Å²) in [4.78, 5) is 27.6. The van der Waals surface area contributed by atoms with Gasteiger partial charge >= 0.3 is 5.97 Å². The summed E-state index contributed by atoms with van der Waals surface area (Å²) in [5.74, 6) is -1.05. The zero-order valence-corrected chi connectivity index (χ0v) is 12.4. The van der Waals surface area contributed by atoms with Gasteiger partial charge in [0.1, 0.15) is 5.15 Å². The summed E-state index contributed by atoms with van der Waals surface area (Å²) in [6, 6.07) is 7.84. The Balaban J connectivity index is 2.30. The number of rotatable bonds is 3. The molecule has 0 unspecified atom stereocenters. The first-order chi connectivity index (χ1) is 10.0. The van der Waals surface area contributed by atoms with Crippen LogP contribution in [-0.2, 0) is 4.74 Å². The third-order valence-electron chi connectivity index (χ3n) is 2.65. The number of halogens is 2. The molecule has 0 aliphatic rings. The second-order valence-electron chi connectivity index (χ2n) is 3.98. The van der Waals surface area contributed by atoms with E-state index in [4.69, 9.17) is 23.2 Å². The van der Waals surface area contributed by atoms with Gasteiger partial charge in [-0.15, -0.1) is 0 Å². The fourth-order valence-corrected chi connectivity index (χ4v) is 2.10. The number of ether oxygens (including phenoxy) is 1. The molecular weight excluding hydrogens is 315 g/mol. The molecule has 0 aliphatic carbocycles. The Labute approximate surface area is 130 Å². The molecule has 7 heteroatoms. The van der Waals surface area contributed by atoms with Gasteiger partial charge in [-0.3, -0.25) is 4.79 Å². The van der Waals surface area contributed by atoms with Gasteiger partial charge in [0, 0.05) is 6.20 Å². The Hall–Kier alpha value is -2.11. The summed E-state index contributed by atoms with van der Waals surface area (Å²) in [5.41, 5.74) is 0.715. The molecule has 1 heterocycles. The molecule has 108 valence electrons. The minimum Gasteiger partial charge on any atom is -0.465 e. The Bertz CT molecular complexity index is 704. The highest BCUT2D eigenvalue weighted by atomic mass is 35.5. The number of amides is 1. The Morgan fingerprint density at radius 1 is 1.19 bits per heavy atom. The van der Waals surface area contributed by atoms with Crippen molar-refractivity contribution >= 4 is 40.8 Å². The number of nitrogens with zero attached hydrogens (tertiary/aromatic N) is 1. The van der Waals surface area contributed by atoms with Crippen LogP contribution in [0.4, 0.5) is 5.69 Å². The van der Waals surface area contributed by atoms with Crippen molar-refractivity contribution in [2.75, 3.05) is 12.4 Å². The number of aromatic nitrogens is 1. The maximum Gasteiger partial charge on any atom is 0.339 e. The molecule has 0 spiro atoms. The second kappa shape index (κ2) is 6.56. The SMILES string of the molecule is COC(=O)c1ccccc1NC(=O)c1cnc(Cl)cc1Cl. The number of carbonyl (C=O) groups is 2. The van der Waals surface area contributed by atoms with Crippen LogP contribution in [0.3, 0.4) is 0 Å². The molecule has 0 radical (unpaired) electrons. The van der Waals surface area contributed by atoms with Crippen LogP contribution in [0.5, 0.6) is 0 Å². The molecule has 0 bridgehead atoms. The van der Waals surface area contributed by atoms with Crippen molar-refractivity contribution in [3.05, 3.63) is 57.8 Å². The molecule has 0 saturated carbocycles. The summed E-state index contributed by atoms with van der Waals surface area (Å²) in [5, 5.41) is 2.95. The van der Waals surface area contributed by atoms with E-state index < -0.39 is 11.9 Å². The van der Waals surface area contributed by atoms with E-state index in [0.717, 1.165) is 0 Å². The lowest BCUT2D eigenvalue weighted by Gasteiger charge is -2.10. The maximum atomic E-state index is 12.2. The Morgan fingerprint density at radius 2 is 1.90 bits per heavy atom. The van der Waals surface area contributed by atoms with Crippen molar-refractivity contribution in [2.24, 2.45) is 0 Å². The maximum absolute atomic E-state index is 12.2. The van der Waals surface area contributed by atoms with E-state index in [9.17, 15) is 9.59 Å². The molecule has 1 aromatic heterocycles. The monoisotopic (exact) mass is 324 g/mol.